The van der Waals surface area contributed by atoms with Gasteiger partial charge in [0.05, 0.1) is 19.4 Å². The highest BCUT2D eigenvalue weighted by Gasteiger charge is 2.13. The van der Waals surface area contributed by atoms with E-state index in [1.165, 1.54) is 11.9 Å². The van der Waals surface area contributed by atoms with Crippen molar-refractivity contribution >= 4 is 29.2 Å². The minimum absolute atomic E-state index is 0.267. The van der Waals surface area contributed by atoms with Crippen LogP contribution in [0.1, 0.15) is 17.3 Å². The van der Waals surface area contributed by atoms with Gasteiger partial charge in [0.25, 0.3) is 5.91 Å². The van der Waals surface area contributed by atoms with Gasteiger partial charge >= 0.3 is 0 Å². The number of carbonyl (C=O) groups is 1. The molecule has 0 radical (unpaired) electrons. The third kappa shape index (κ3) is 4.95. The summed E-state index contributed by atoms with van der Waals surface area (Å²) in [4.78, 5) is 17.7. The summed E-state index contributed by atoms with van der Waals surface area (Å²) in [5.41, 5.74) is 1.96. The Morgan fingerprint density at radius 1 is 1.11 bits per heavy atom. The van der Waals surface area contributed by atoms with Crippen molar-refractivity contribution in [1.29, 1.82) is 0 Å². The van der Waals surface area contributed by atoms with E-state index >= 15 is 0 Å². The van der Waals surface area contributed by atoms with Crippen molar-refractivity contribution in [3.05, 3.63) is 72.4 Å². The predicted molar refractivity (Wildman–Crippen MR) is 112 cm³/mol. The number of rotatable bonds is 8. The monoisotopic (exact) mass is 395 g/mol. The number of methoxy groups -OCH3 is 1. The van der Waals surface area contributed by atoms with Crippen LogP contribution in [0, 0.1) is 0 Å². The van der Waals surface area contributed by atoms with Crippen LogP contribution in [0.3, 0.4) is 0 Å². The van der Waals surface area contributed by atoms with Crippen LogP contribution in [0.25, 0.3) is 0 Å². The van der Waals surface area contributed by atoms with Gasteiger partial charge in [-0.1, -0.05) is 18.2 Å². The lowest BCUT2D eigenvalue weighted by Gasteiger charge is -2.12. The minimum Gasteiger partial charge on any atom is -0.495 e. The van der Waals surface area contributed by atoms with Crippen molar-refractivity contribution in [2.75, 3.05) is 23.8 Å². The molecule has 7 heteroatoms. The van der Waals surface area contributed by atoms with E-state index in [4.69, 9.17) is 9.47 Å². The van der Waals surface area contributed by atoms with Gasteiger partial charge in [0.2, 0.25) is 5.88 Å². The number of benzene rings is 2. The molecule has 2 aromatic carbocycles. The number of hydrogen-bond donors (Lipinski definition) is 2. The number of hydrogen-bond acceptors (Lipinski definition) is 6. The molecule has 28 heavy (non-hydrogen) atoms. The molecule has 0 spiro atoms. The summed E-state index contributed by atoms with van der Waals surface area (Å²) in [5.74, 6) is 0.821. The molecule has 1 heterocycles. The van der Waals surface area contributed by atoms with Crippen molar-refractivity contribution < 1.29 is 14.3 Å². The Balaban J connectivity index is 1.69. The van der Waals surface area contributed by atoms with E-state index in [0.717, 1.165) is 16.3 Å². The predicted octanol–water partition coefficient (Wildman–Crippen LogP) is 4.86. The van der Waals surface area contributed by atoms with E-state index in [1.54, 1.807) is 25.4 Å². The highest BCUT2D eigenvalue weighted by Crippen LogP contribution is 2.29. The number of anilines is 2. The molecule has 0 fully saturated rings. The molecule has 1 amide bonds. The maximum absolute atomic E-state index is 12.6. The first-order valence-corrected chi connectivity index (χ1v) is 9.58. The second-order valence-electron chi connectivity index (χ2n) is 5.68. The molecule has 0 aliphatic carbocycles. The highest BCUT2D eigenvalue weighted by molar-refractivity contribution is 8.00. The number of ether oxygens (including phenoxy) is 2. The standard InChI is InChI=1S/C21H21N3O3S/c1-3-27-21-17(10-7-13-22-21)20(25)23-15-8-6-9-16(14-15)28-24-18-11-4-5-12-19(18)26-2/h4-14,24H,3H2,1-2H3,(H,23,25). The van der Waals surface area contributed by atoms with E-state index in [0.29, 0.717) is 23.7 Å². The molecule has 0 saturated heterocycles. The minimum atomic E-state index is -0.267. The third-order valence-electron chi connectivity index (χ3n) is 3.77. The van der Waals surface area contributed by atoms with Crippen molar-refractivity contribution in [2.45, 2.75) is 11.8 Å². The number of nitrogens with one attached hydrogen (secondary N) is 2. The van der Waals surface area contributed by atoms with Crippen LogP contribution in [0.4, 0.5) is 11.4 Å². The van der Waals surface area contributed by atoms with E-state index in [9.17, 15) is 4.79 Å². The maximum atomic E-state index is 12.6. The molecule has 3 rings (SSSR count). The Labute approximate surface area is 168 Å². The molecule has 0 atom stereocenters. The zero-order valence-electron chi connectivity index (χ0n) is 15.6. The second-order valence-corrected chi connectivity index (χ2v) is 6.56. The highest BCUT2D eigenvalue weighted by atomic mass is 32.2. The van der Waals surface area contributed by atoms with Gasteiger partial charge in [-0.3, -0.25) is 4.79 Å². The lowest BCUT2D eigenvalue weighted by atomic mass is 10.2. The van der Waals surface area contributed by atoms with Gasteiger partial charge in [0, 0.05) is 16.8 Å². The van der Waals surface area contributed by atoms with Crippen molar-refractivity contribution in [3.8, 4) is 11.6 Å². The fourth-order valence-electron chi connectivity index (χ4n) is 2.49. The molecular weight excluding hydrogens is 374 g/mol. The zero-order chi connectivity index (χ0) is 19.8. The van der Waals surface area contributed by atoms with Gasteiger partial charge < -0.3 is 19.5 Å². The first kappa shape index (κ1) is 19.6. The number of amides is 1. The van der Waals surface area contributed by atoms with E-state index in [2.05, 4.69) is 15.0 Å². The number of nitrogens with zero attached hydrogens (tertiary/aromatic N) is 1. The van der Waals surface area contributed by atoms with Crippen LogP contribution < -0.4 is 19.5 Å². The molecule has 2 N–H and O–H groups in total. The molecule has 1 aromatic heterocycles. The van der Waals surface area contributed by atoms with E-state index in [-0.39, 0.29) is 5.91 Å². The molecule has 144 valence electrons. The fraction of sp³-hybridized carbons (Fsp3) is 0.143. The van der Waals surface area contributed by atoms with Crippen LogP contribution in [-0.4, -0.2) is 24.6 Å². The molecule has 0 bridgehead atoms. The number of carbonyl (C=O) groups excluding carboxylic acids is 1. The molecule has 0 unspecified atom stereocenters. The Hall–Kier alpha value is -3.19. The normalized spacial score (nSPS) is 10.2. The van der Waals surface area contributed by atoms with Crippen molar-refractivity contribution in [2.24, 2.45) is 0 Å². The number of pyridine rings is 1. The third-order valence-corrected chi connectivity index (χ3v) is 4.59. The smallest absolute Gasteiger partial charge is 0.261 e. The SMILES string of the molecule is CCOc1ncccc1C(=O)Nc1cccc(SNc2ccccc2OC)c1. The summed E-state index contributed by atoms with van der Waals surface area (Å²) in [5, 5.41) is 2.89. The van der Waals surface area contributed by atoms with E-state index in [1.807, 2.05) is 55.5 Å². The molecule has 3 aromatic rings. The first-order chi connectivity index (χ1) is 13.7. The maximum Gasteiger partial charge on any atom is 0.261 e. The quantitative estimate of drug-likeness (QED) is 0.531. The molecule has 6 nitrogen and oxygen atoms in total. The molecule has 0 saturated carbocycles. The molecular formula is C21H21N3O3S. The summed E-state index contributed by atoms with van der Waals surface area (Å²) >= 11 is 1.43. The second kappa shape index (κ2) is 9.66. The Morgan fingerprint density at radius 2 is 1.96 bits per heavy atom. The van der Waals surface area contributed by atoms with Gasteiger partial charge in [-0.25, -0.2) is 4.98 Å². The Kier molecular flexibility index (Phi) is 6.75. The molecule has 0 aliphatic heterocycles. The van der Waals surface area contributed by atoms with E-state index < -0.39 is 0 Å². The number of aromatic nitrogens is 1. The molecule has 0 aliphatic rings. The topological polar surface area (TPSA) is 72.5 Å². The van der Waals surface area contributed by atoms with Crippen LogP contribution in [0.5, 0.6) is 11.6 Å². The average Bonchev–Trinajstić information content (AvgIpc) is 2.73. The van der Waals surface area contributed by atoms with Gasteiger partial charge in [-0.05, 0) is 61.3 Å². The van der Waals surface area contributed by atoms with Crippen LogP contribution >= 0.6 is 11.9 Å². The van der Waals surface area contributed by atoms with Crippen LogP contribution in [-0.2, 0) is 0 Å². The lowest BCUT2D eigenvalue weighted by molar-refractivity contribution is 0.102. The van der Waals surface area contributed by atoms with Crippen molar-refractivity contribution in [1.82, 2.24) is 4.98 Å². The lowest BCUT2D eigenvalue weighted by Crippen LogP contribution is -2.14. The summed E-state index contributed by atoms with van der Waals surface area (Å²) in [7, 11) is 1.64. The zero-order valence-corrected chi connectivity index (χ0v) is 16.5. The van der Waals surface area contributed by atoms with Gasteiger partial charge in [-0.15, -0.1) is 0 Å². The Morgan fingerprint density at radius 3 is 2.79 bits per heavy atom. The largest absolute Gasteiger partial charge is 0.495 e. The fourth-order valence-corrected chi connectivity index (χ4v) is 3.22. The van der Waals surface area contributed by atoms with Crippen molar-refractivity contribution in [3.63, 3.8) is 0 Å². The summed E-state index contributed by atoms with van der Waals surface area (Å²) in [6.45, 7) is 2.30. The van der Waals surface area contributed by atoms with Crippen LogP contribution in [0.15, 0.2) is 71.8 Å². The van der Waals surface area contributed by atoms with Gasteiger partial charge in [0.15, 0.2) is 0 Å². The summed E-state index contributed by atoms with van der Waals surface area (Å²) in [6, 6.07) is 18.6. The van der Waals surface area contributed by atoms with Crippen LogP contribution in [0.2, 0.25) is 0 Å². The summed E-state index contributed by atoms with van der Waals surface area (Å²) < 4.78 is 14.0. The van der Waals surface area contributed by atoms with Gasteiger partial charge in [0.1, 0.15) is 11.3 Å². The Bertz CT molecular complexity index is 949. The number of para-hydroxylation sites is 2. The van der Waals surface area contributed by atoms with Gasteiger partial charge in [-0.2, -0.15) is 0 Å². The summed E-state index contributed by atoms with van der Waals surface area (Å²) in [6.07, 6.45) is 1.60. The average molecular weight is 395 g/mol. The first-order valence-electron chi connectivity index (χ1n) is 8.76.